The molecule has 2 amide bonds. The monoisotopic (exact) mass is 329 g/mol. The molecule has 1 aromatic rings. The quantitative estimate of drug-likeness (QED) is 0.619. The lowest BCUT2D eigenvalue weighted by molar-refractivity contribution is -0.380. The Morgan fingerprint density at radius 1 is 1.52 bits per heavy atom. The van der Waals surface area contributed by atoms with Gasteiger partial charge in [0.05, 0.1) is 15.7 Å². The van der Waals surface area contributed by atoms with Gasteiger partial charge in [0, 0.05) is 25.4 Å². The van der Waals surface area contributed by atoms with Crippen LogP contribution in [0.4, 0.5) is 5.00 Å². The molecular weight excluding hydrogens is 314 g/mol. The predicted molar refractivity (Wildman–Crippen MR) is 81.6 cm³/mol. The topological polar surface area (TPSA) is 83.8 Å². The van der Waals surface area contributed by atoms with E-state index in [2.05, 4.69) is 0 Å². The first-order chi connectivity index (χ1) is 9.95. The zero-order chi connectivity index (χ0) is 15.6. The van der Waals surface area contributed by atoms with Crippen molar-refractivity contribution in [3.63, 3.8) is 0 Å². The van der Waals surface area contributed by atoms with Gasteiger partial charge in [-0.25, -0.2) is 0 Å². The van der Waals surface area contributed by atoms with E-state index in [9.17, 15) is 19.7 Å². The highest BCUT2D eigenvalue weighted by atomic mass is 32.2. The second-order valence-electron chi connectivity index (χ2n) is 4.54. The summed E-state index contributed by atoms with van der Waals surface area (Å²) in [7, 11) is 1.70. The molecular formula is C12H15N3O4S2. The van der Waals surface area contributed by atoms with Gasteiger partial charge in [0.15, 0.2) is 0 Å². The third-order valence-electron chi connectivity index (χ3n) is 3.26. The predicted octanol–water partition coefficient (Wildman–Crippen LogP) is 1.65. The molecule has 1 fully saturated rings. The SMILES string of the molecule is CCN(C)C(=O)[C@@H]1CSCN1C(=O)c1ccc([N+](=O)[O-])s1. The van der Waals surface area contributed by atoms with E-state index < -0.39 is 11.0 Å². The molecule has 114 valence electrons. The van der Waals surface area contributed by atoms with Gasteiger partial charge in [-0.2, -0.15) is 0 Å². The highest BCUT2D eigenvalue weighted by Crippen LogP contribution is 2.29. The van der Waals surface area contributed by atoms with Crippen LogP contribution < -0.4 is 0 Å². The lowest BCUT2D eigenvalue weighted by Crippen LogP contribution is -2.47. The zero-order valence-electron chi connectivity index (χ0n) is 11.6. The zero-order valence-corrected chi connectivity index (χ0v) is 13.3. The number of nitro groups is 1. The summed E-state index contributed by atoms with van der Waals surface area (Å²) in [5.41, 5.74) is 0. The van der Waals surface area contributed by atoms with Gasteiger partial charge in [-0.05, 0) is 13.0 Å². The summed E-state index contributed by atoms with van der Waals surface area (Å²) in [5.74, 6) is 0.573. The summed E-state index contributed by atoms with van der Waals surface area (Å²) in [4.78, 5) is 38.2. The number of amides is 2. The average Bonchev–Trinajstić information content (AvgIpc) is 3.13. The van der Waals surface area contributed by atoms with E-state index in [1.54, 1.807) is 11.9 Å². The maximum Gasteiger partial charge on any atom is 0.324 e. The molecule has 0 aromatic carbocycles. The smallest absolute Gasteiger partial charge is 0.324 e. The van der Waals surface area contributed by atoms with Crippen molar-refractivity contribution in [2.24, 2.45) is 0 Å². The lowest BCUT2D eigenvalue weighted by Gasteiger charge is -2.26. The summed E-state index contributed by atoms with van der Waals surface area (Å²) in [6.45, 7) is 2.45. The van der Waals surface area contributed by atoms with Crippen LogP contribution in [0, 0.1) is 10.1 Å². The van der Waals surface area contributed by atoms with Crippen LogP contribution in [-0.2, 0) is 4.79 Å². The van der Waals surface area contributed by atoms with Crippen LogP contribution in [-0.4, -0.2) is 57.8 Å². The Balaban J connectivity index is 2.17. The summed E-state index contributed by atoms with van der Waals surface area (Å²) in [6.07, 6.45) is 0. The van der Waals surface area contributed by atoms with Crippen molar-refractivity contribution in [3.05, 3.63) is 27.1 Å². The van der Waals surface area contributed by atoms with E-state index in [1.807, 2.05) is 6.92 Å². The summed E-state index contributed by atoms with van der Waals surface area (Å²) >= 11 is 2.35. The molecule has 2 heterocycles. The first-order valence-electron chi connectivity index (χ1n) is 6.33. The Hall–Kier alpha value is -1.61. The molecule has 1 aliphatic heterocycles. The molecule has 0 saturated carbocycles. The third-order valence-corrected chi connectivity index (χ3v) is 5.30. The van der Waals surface area contributed by atoms with Crippen molar-refractivity contribution in [2.45, 2.75) is 13.0 Å². The van der Waals surface area contributed by atoms with Crippen molar-refractivity contribution >= 4 is 39.9 Å². The Bertz CT molecular complexity index is 575. The summed E-state index contributed by atoms with van der Waals surface area (Å²) in [5, 5.41) is 10.6. The fourth-order valence-electron chi connectivity index (χ4n) is 1.94. The highest BCUT2D eigenvalue weighted by molar-refractivity contribution is 7.99. The van der Waals surface area contributed by atoms with E-state index in [0.717, 1.165) is 11.3 Å². The maximum atomic E-state index is 12.4. The molecule has 0 unspecified atom stereocenters. The van der Waals surface area contributed by atoms with Crippen molar-refractivity contribution < 1.29 is 14.5 Å². The normalized spacial score (nSPS) is 17.8. The molecule has 1 aliphatic rings. The number of likely N-dealkylation sites (N-methyl/N-ethyl adjacent to an activating group) is 1. The molecule has 1 atom stereocenters. The number of nitrogens with zero attached hydrogens (tertiary/aromatic N) is 3. The average molecular weight is 329 g/mol. The number of rotatable bonds is 4. The molecule has 9 heteroatoms. The molecule has 0 N–H and O–H groups in total. The van der Waals surface area contributed by atoms with Gasteiger partial charge in [-0.1, -0.05) is 11.3 Å². The van der Waals surface area contributed by atoms with Crippen LogP contribution >= 0.6 is 23.1 Å². The van der Waals surface area contributed by atoms with E-state index >= 15 is 0 Å². The van der Waals surface area contributed by atoms with Crippen LogP contribution in [0.15, 0.2) is 12.1 Å². The van der Waals surface area contributed by atoms with Gasteiger partial charge in [0.25, 0.3) is 5.91 Å². The van der Waals surface area contributed by atoms with Crippen LogP contribution in [0.2, 0.25) is 0 Å². The minimum atomic E-state index is -0.520. The Morgan fingerprint density at radius 3 is 2.81 bits per heavy atom. The number of carbonyl (C=O) groups is 2. The van der Waals surface area contributed by atoms with Gasteiger partial charge in [0.1, 0.15) is 6.04 Å². The van der Waals surface area contributed by atoms with Gasteiger partial charge in [-0.15, -0.1) is 11.8 Å². The number of carbonyl (C=O) groups excluding carboxylic acids is 2. The van der Waals surface area contributed by atoms with Crippen molar-refractivity contribution in [1.82, 2.24) is 9.80 Å². The third kappa shape index (κ3) is 3.18. The minimum absolute atomic E-state index is 0.0706. The Labute approximate surface area is 130 Å². The number of thioether (sulfide) groups is 1. The number of hydrogen-bond donors (Lipinski definition) is 0. The summed E-state index contributed by atoms with van der Waals surface area (Å²) in [6, 6.07) is 2.27. The van der Waals surface area contributed by atoms with Crippen LogP contribution in [0.1, 0.15) is 16.6 Å². The van der Waals surface area contributed by atoms with Gasteiger partial charge >= 0.3 is 5.00 Å². The second kappa shape index (κ2) is 6.44. The van der Waals surface area contributed by atoms with Crippen LogP contribution in [0.3, 0.4) is 0 Å². The molecule has 1 saturated heterocycles. The number of thiophene rings is 1. The van der Waals surface area contributed by atoms with Crippen molar-refractivity contribution in [1.29, 1.82) is 0 Å². The van der Waals surface area contributed by atoms with Crippen molar-refractivity contribution in [2.75, 3.05) is 25.2 Å². The number of hydrogen-bond acceptors (Lipinski definition) is 6. The molecule has 0 bridgehead atoms. The molecule has 7 nitrogen and oxygen atoms in total. The van der Waals surface area contributed by atoms with Gasteiger partial charge < -0.3 is 9.80 Å². The first kappa shape index (κ1) is 15.8. The second-order valence-corrected chi connectivity index (χ2v) is 6.60. The first-order valence-corrected chi connectivity index (χ1v) is 8.30. The standard InChI is InChI=1S/C12H15N3O4S2/c1-3-13(2)11(16)8-6-20-7-14(8)12(17)9-4-5-10(21-9)15(18)19/h4-5,8H,3,6-7H2,1-2H3/t8-/m0/s1. The highest BCUT2D eigenvalue weighted by Gasteiger charge is 2.37. The Morgan fingerprint density at radius 2 is 2.24 bits per heavy atom. The molecule has 0 aliphatic carbocycles. The van der Waals surface area contributed by atoms with E-state index in [1.165, 1.54) is 28.8 Å². The van der Waals surface area contributed by atoms with Crippen LogP contribution in [0.25, 0.3) is 0 Å². The minimum Gasteiger partial charge on any atom is -0.344 e. The molecule has 0 spiro atoms. The molecule has 21 heavy (non-hydrogen) atoms. The Kier molecular flexibility index (Phi) is 4.84. The fraction of sp³-hybridized carbons (Fsp3) is 0.500. The molecule has 0 radical (unpaired) electrons. The largest absolute Gasteiger partial charge is 0.344 e. The maximum absolute atomic E-state index is 12.4. The fourth-order valence-corrected chi connectivity index (χ4v) is 3.86. The van der Waals surface area contributed by atoms with E-state index in [-0.39, 0.29) is 16.8 Å². The van der Waals surface area contributed by atoms with Gasteiger partial charge in [0.2, 0.25) is 5.91 Å². The van der Waals surface area contributed by atoms with E-state index in [0.29, 0.717) is 23.1 Å². The summed E-state index contributed by atoms with van der Waals surface area (Å²) < 4.78 is 0. The molecule has 1 aromatic heterocycles. The van der Waals surface area contributed by atoms with Crippen LogP contribution in [0.5, 0.6) is 0 Å². The lowest BCUT2D eigenvalue weighted by atomic mass is 10.2. The molecule has 2 rings (SSSR count). The van der Waals surface area contributed by atoms with Crippen molar-refractivity contribution in [3.8, 4) is 0 Å². The van der Waals surface area contributed by atoms with E-state index in [4.69, 9.17) is 0 Å². The van der Waals surface area contributed by atoms with Gasteiger partial charge in [-0.3, -0.25) is 19.7 Å².